The number of benzene rings is 2. The molecule has 2 aromatic rings. The van der Waals surface area contributed by atoms with Crippen LogP contribution in [-0.2, 0) is 9.53 Å². The van der Waals surface area contributed by atoms with Crippen LogP contribution in [0.25, 0.3) is 0 Å². The first-order valence-electron chi connectivity index (χ1n) is 7.45. The summed E-state index contributed by atoms with van der Waals surface area (Å²) >= 11 is 11.6. The highest BCUT2D eigenvalue weighted by atomic mass is 35.5. The van der Waals surface area contributed by atoms with E-state index in [1.165, 1.54) is 25.1 Å². The van der Waals surface area contributed by atoms with E-state index in [0.29, 0.717) is 5.69 Å². The number of nitrogens with one attached hydrogen (secondary N) is 1. The van der Waals surface area contributed by atoms with Gasteiger partial charge in [0.25, 0.3) is 17.3 Å². The van der Waals surface area contributed by atoms with Gasteiger partial charge in [0.05, 0.1) is 25.5 Å². The van der Waals surface area contributed by atoms with Crippen LogP contribution in [0, 0.1) is 27.2 Å². The van der Waals surface area contributed by atoms with Crippen molar-refractivity contribution in [2.75, 3.05) is 11.9 Å². The number of halogens is 2. The fourth-order valence-electron chi connectivity index (χ4n) is 2.17. The Hall–Kier alpha value is -3.24. The summed E-state index contributed by atoms with van der Waals surface area (Å²) in [7, 11) is 0. The van der Waals surface area contributed by atoms with E-state index in [0.717, 1.165) is 12.1 Å². The maximum Gasteiger partial charge on any atom is 0.339 e. The second-order valence-electron chi connectivity index (χ2n) is 5.41. The van der Waals surface area contributed by atoms with E-state index in [9.17, 15) is 29.8 Å². The van der Waals surface area contributed by atoms with Gasteiger partial charge in [-0.3, -0.25) is 25.0 Å². The van der Waals surface area contributed by atoms with Gasteiger partial charge in [0.15, 0.2) is 6.61 Å². The summed E-state index contributed by atoms with van der Waals surface area (Å²) in [6.07, 6.45) is 0. The third kappa shape index (κ3) is 4.93. The molecule has 0 radical (unpaired) electrons. The highest BCUT2D eigenvalue weighted by Gasteiger charge is 2.26. The number of anilines is 1. The lowest BCUT2D eigenvalue weighted by Gasteiger charge is -2.08. The first kappa shape index (κ1) is 21.1. The number of hydrogen-bond donors (Lipinski definition) is 1. The Morgan fingerprint density at radius 3 is 2.11 bits per heavy atom. The Kier molecular flexibility index (Phi) is 6.49. The van der Waals surface area contributed by atoms with Crippen LogP contribution in [0.15, 0.2) is 30.3 Å². The highest BCUT2D eigenvalue weighted by molar-refractivity contribution is 6.42. The zero-order valence-corrected chi connectivity index (χ0v) is 15.6. The van der Waals surface area contributed by atoms with Gasteiger partial charge in [-0.1, -0.05) is 23.2 Å². The lowest BCUT2D eigenvalue weighted by atomic mass is 10.1. The summed E-state index contributed by atoms with van der Waals surface area (Å²) < 4.78 is 4.77. The van der Waals surface area contributed by atoms with E-state index in [-0.39, 0.29) is 15.6 Å². The molecule has 0 unspecified atom stereocenters. The molecule has 0 bridgehead atoms. The number of amides is 1. The monoisotopic (exact) mass is 427 g/mol. The number of hydrogen-bond acceptors (Lipinski definition) is 7. The number of carbonyl (C=O) groups is 2. The molecule has 12 heteroatoms. The molecule has 0 fully saturated rings. The summed E-state index contributed by atoms with van der Waals surface area (Å²) in [5, 5.41) is 25.0. The summed E-state index contributed by atoms with van der Waals surface area (Å²) in [5.41, 5.74) is -1.55. The van der Waals surface area contributed by atoms with Gasteiger partial charge in [0.1, 0.15) is 5.56 Å². The summed E-state index contributed by atoms with van der Waals surface area (Å²) in [6, 6.07) is 6.01. The smallest absolute Gasteiger partial charge is 0.339 e. The Morgan fingerprint density at radius 1 is 1.04 bits per heavy atom. The standard InChI is InChI=1S/C16H11Cl2N3O7/c1-8-13(20(24)25)4-9(5-14(8)21(26)27)16(23)28-7-15(22)19-10-2-3-11(17)12(18)6-10/h2-6H,7H2,1H3,(H,19,22). The molecule has 0 aliphatic rings. The Morgan fingerprint density at radius 2 is 1.61 bits per heavy atom. The van der Waals surface area contributed by atoms with Crippen molar-refractivity contribution in [1.82, 2.24) is 0 Å². The van der Waals surface area contributed by atoms with E-state index in [1.54, 1.807) is 0 Å². The van der Waals surface area contributed by atoms with Crippen molar-refractivity contribution in [2.45, 2.75) is 6.92 Å². The molecule has 1 N–H and O–H groups in total. The van der Waals surface area contributed by atoms with Crippen LogP contribution in [0.1, 0.15) is 15.9 Å². The molecule has 2 rings (SSSR count). The largest absolute Gasteiger partial charge is 0.452 e. The first-order chi connectivity index (χ1) is 13.1. The molecular formula is C16H11Cl2N3O7. The van der Waals surface area contributed by atoms with Crippen molar-refractivity contribution >= 4 is 52.1 Å². The lowest BCUT2D eigenvalue weighted by Crippen LogP contribution is -2.21. The minimum Gasteiger partial charge on any atom is -0.452 e. The van der Waals surface area contributed by atoms with Gasteiger partial charge in [0, 0.05) is 17.8 Å². The van der Waals surface area contributed by atoms with Crippen LogP contribution in [0.3, 0.4) is 0 Å². The minimum atomic E-state index is -1.13. The second kappa shape index (κ2) is 8.63. The topological polar surface area (TPSA) is 142 Å². The molecule has 2 aromatic carbocycles. The van der Waals surface area contributed by atoms with Crippen molar-refractivity contribution < 1.29 is 24.2 Å². The third-order valence-corrected chi connectivity index (χ3v) is 4.26. The highest BCUT2D eigenvalue weighted by Crippen LogP contribution is 2.29. The molecule has 28 heavy (non-hydrogen) atoms. The molecule has 0 spiro atoms. The first-order valence-corrected chi connectivity index (χ1v) is 8.21. The van der Waals surface area contributed by atoms with E-state index < -0.39 is 45.3 Å². The van der Waals surface area contributed by atoms with Gasteiger partial charge in [-0.25, -0.2) is 4.79 Å². The molecule has 0 aliphatic carbocycles. The van der Waals surface area contributed by atoms with Crippen LogP contribution < -0.4 is 5.32 Å². The van der Waals surface area contributed by atoms with Crippen LogP contribution in [-0.4, -0.2) is 28.3 Å². The zero-order chi connectivity index (χ0) is 21.0. The van der Waals surface area contributed by atoms with E-state index >= 15 is 0 Å². The molecule has 0 saturated heterocycles. The summed E-state index contributed by atoms with van der Waals surface area (Å²) in [4.78, 5) is 44.3. The van der Waals surface area contributed by atoms with Gasteiger partial charge in [-0.05, 0) is 25.1 Å². The molecule has 0 heterocycles. The van der Waals surface area contributed by atoms with Crippen molar-refractivity contribution in [3.8, 4) is 0 Å². The van der Waals surface area contributed by atoms with Crippen LogP contribution in [0.2, 0.25) is 10.0 Å². The number of nitro benzene ring substituents is 2. The molecule has 0 atom stereocenters. The zero-order valence-electron chi connectivity index (χ0n) is 14.1. The fourth-order valence-corrected chi connectivity index (χ4v) is 2.46. The van der Waals surface area contributed by atoms with Crippen LogP contribution in [0.5, 0.6) is 0 Å². The van der Waals surface area contributed by atoms with E-state index in [4.69, 9.17) is 27.9 Å². The molecule has 146 valence electrons. The number of carbonyl (C=O) groups excluding carboxylic acids is 2. The average molecular weight is 428 g/mol. The predicted octanol–water partition coefficient (Wildman–Crippen LogP) is 3.91. The molecule has 10 nitrogen and oxygen atoms in total. The van der Waals surface area contributed by atoms with Crippen molar-refractivity contribution in [1.29, 1.82) is 0 Å². The Balaban J connectivity index is 2.12. The minimum absolute atomic E-state index is 0.204. The number of esters is 1. The fraction of sp³-hybridized carbons (Fsp3) is 0.125. The number of rotatable bonds is 6. The van der Waals surface area contributed by atoms with Crippen molar-refractivity contribution in [2.24, 2.45) is 0 Å². The Labute approximate surface area is 167 Å². The number of ether oxygens (including phenoxy) is 1. The van der Waals surface area contributed by atoms with Gasteiger partial charge >= 0.3 is 5.97 Å². The molecule has 0 aromatic heterocycles. The summed E-state index contributed by atoms with van der Waals surface area (Å²) in [5.74, 6) is -1.85. The van der Waals surface area contributed by atoms with Gasteiger partial charge in [-0.2, -0.15) is 0 Å². The maximum absolute atomic E-state index is 12.1. The number of nitro groups is 2. The lowest BCUT2D eigenvalue weighted by molar-refractivity contribution is -0.395. The van der Waals surface area contributed by atoms with Gasteiger partial charge in [0.2, 0.25) is 0 Å². The van der Waals surface area contributed by atoms with E-state index in [2.05, 4.69) is 5.32 Å². The third-order valence-electron chi connectivity index (χ3n) is 3.52. The van der Waals surface area contributed by atoms with Crippen LogP contribution in [0.4, 0.5) is 17.1 Å². The normalized spacial score (nSPS) is 10.2. The van der Waals surface area contributed by atoms with Crippen molar-refractivity contribution in [3.05, 3.63) is 71.7 Å². The predicted molar refractivity (Wildman–Crippen MR) is 99.9 cm³/mol. The van der Waals surface area contributed by atoms with Gasteiger partial charge in [-0.15, -0.1) is 0 Å². The molecular weight excluding hydrogens is 417 g/mol. The second-order valence-corrected chi connectivity index (χ2v) is 6.22. The van der Waals surface area contributed by atoms with Crippen molar-refractivity contribution in [3.63, 3.8) is 0 Å². The van der Waals surface area contributed by atoms with Gasteiger partial charge < -0.3 is 10.1 Å². The number of nitrogens with zero attached hydrogens (tertiary/aromatic N) is 2. The molecule has 0 aliphatic heterocycles. The maximum atomic E-state index is 12.1. The SMILES string of the molecule is Cc1c([N+](=O)[O-])cc(C(=O)OCC(=O)Nc2ccc(Cl)c(Cl)c2)cc1[N+](=O)[O-]. The Bertz CT molecular complexity index is 959. The quantitative estimate of drug-likeness (QED) is 0.418. The molecule has 0 saturated carbocycles. The van der Waals surface area contributed by atoms with E-state index in [1.807, 2.05) is 0 Å². The molecule has 1 amide bonds. The average Bonchev–Trinajstić information content (AvgIpc) is 2.62. The van der Waals surface area contributed by atoms with Crippen LogP contribution >= 0.6 is 23.2 Å². The summed E-state index contributed by atoms with van der Waals surface area (Å²) in [6.45, 7) is 0.463.